The van der Waals surface area contributed by atoms with Gasteiger partial charge in [0.15, 0.2) is 11.5 Å². The van der Waals surface area contributed by atoms with Crippen molar-refractivity contribution in [2.24, 2.45) is 0 Å². The molecule has 0 atom stereocenters. The van der Waals surface area contributed by atoms with Crippen molar-refractivity contribution >= 4 is 62.3 Å². The summed E-state index contributed by atoms with van der Waals surface area (Å²) < 4.78 is 12.1. The molecule has 28 heavy (non-hydrogen) atoms. The molecule has 0 spiro atoms. The van der Waals surface area contributed by atoms with Gasteiger partial charge in [0.05, 0.1) is 22.0 Å². The first-order valence-electron chi connectivity index (χ1n) is 8.18. The van der Waals surface area contributed by atoms with E-state index >= 15 is 0 Å². The summed E-state index contributed by atoms with van der Waals surface area (Å²) in [5.41, 5.74) is 1.67. The maximum absolute atomic E-state index is 12.2. The normalized spacial score (nSPS) is 11.0. The summed E-state index contributed by atoms with van der Waals surface area (Å²) >= 11 is 17.1. The highest BCUT2D eigenvalue weighted by molar-refractivity contribution is 9.10. The Bertz CT molecular complexity index is 1010. The molecular weight excluding hydrogens is 483 g/mol. The van der Waals surface area contributed by atoms with Crippen molar-refractivity contribution in [1.29, 1.82) is 0 Å². The fourth-order valence-electron chi connectivity index (χ4n) is 2.48. The third kappa shape index (κ3) is 5.17. The Morgan fingerprint density at radius 1 is 1.18 bits per heavy atom. The molecule has 3 aromatic rings. The van der Waals surface area contributed by atoms with Crippen LogP contribution in [0.25, 0.3) is 6.08 Å². The van der Waals surface area contributed by atoms with E-state index in [9.17, 15) is 4.79 Å². The van der Waals surface area contributed by atoms with E-state index in [0.717, 1.165) is 15.6 Å². The van der Waals surface area contributed by atoms with E-state index in [0.29, 0.717) is 26.4 Å². The predicted molar refractivity (Wildman–Crippen MR) is 119 cm³/mol. The topological polar surface area (TPSA) is 35.5 Å². The van der Waals surface area contributed by atoms with E-state index in [2.05, 4.69) is 15.9 Å². The minimum Gasteiger partial charge on any atom is -0.496 e. The van der Waals surface area contributed by atoms with E-state index < -0.39 is 0 Å². The molecular formula is C21H15BrCl2O3S. The summed E-state index contributed by atoms with van der Waals surface area (Å²) in [5.74, 6) is 1.05. The number of ketones is 1. The molecule has 0 fully saturated rings. The van der Waals surface area contributed by atoms with Crippen molar-refractivity contribution < 1.29 is 14.3 Å². The zero-order chi connectivity index (χ0) is 20.1. The van der Waals surface area contributed by atoms with E-state index in [-0.39, 0.29) is 12.4 Å². The largest absolute Gasteiger partial charge is 0.496 e. The summed E-state index contributed by atoms with van der Waals surface area (Å²) in [5, 5.41) is 2.76. The van der Waals surface area contributed by atoms with Crippen molar-refractivity contribution in [2.75, 3.05) is 7.11 Å². The standard InChI is InChI=1S/C21H15BrCl2O3S/c1-26-19-8-6-13(5-7-18(25)20-10-15(22)12-28-20)9-14(19)11-27-21-16(23)3-2-4-17(21)24/h2-10,12H,11H2,1H3/b7-5+. The molecule has 0 bridgehead atoms. The van der Waals surface area contributed by atoms with Gasteiger partial charge in [-0.25, -0.2) is 0 Å². The quantitative estimate of drug-likeness (QED) is 0.253. The molecule has 7 heteroatoms. The number of ether oxygens (including phenoxy) is 2. The fraction of sp³-hybridized carbons (Fsp3) is 0.0952. The number of carbonyl (C=O) groups is 1. The summed E-state index contributed by atoms with van der Waals surface area (Å²) in [7, 11) is 1.59. The Morgan fingerprint density at radius 3 is 2.57 bits per heavy atom. The van der Waals surface area contributed by atoms with Gasteiger partial charge in [0.1, 0.15) is 12.4 Å². The van der Waals surface area contributed by atoms with Gasteiger partial charge in [-0.3, -0.25) is 4.79 Å². The van der Waals surface area contributed by atoms with Crippen LogP contribution in [-0.2, 0) is 6.61 Å². The zero-order valence-corrected chi connectivity index (χ0v) is 18.7. The van der Waals surface area contributed by atoms with Crippen LogP contribution in [0.1, 0.15) is 20.8 Å². The van der Waals surface area contributed by atoms with Crippen LogP contribution in [0.5, 0.6) is 11.5 Å². The third-order valence-corrected chi connectivity index (χ3v) is 6.13. The number of rotatable bonds is 7. The number of halogens is 3. The van der Waals surface area contributed by atoms with Crippen LogP contribution in [0.15, 0.2) is 58.4 Å². The molecule has 1 heterocycles. The second-order valence-electron chi connectivity index (χ2n) is 5.74. The van der Waals surface area contributed by atoms with Crippen molar-refractivity contribution in [3.8, 4) is 11.5 Å². The third-order valence-electron chi connectivity index (χ3n) is 3.83. The van der Waals surface area contributed by atoms with Gasteiger partial charge in [-0.15, -0.1) is 11.3 Å². The first kappa shape index (κ1) is 20.9. The average molecular weight is 498 g/mol. The van der Waals surface area contributed by atoms with Gasteiger partial charge in [-0.1, -0.05) is 41.4 Å². The van der Waals surface area contributed by atoms with Crippen LogP contribution >= 0.6 is 50.5 Å². The average Bonchev–Trinajstić information content (AvgIpc) is 3.12. The lowest BCUT2D eigenvalue weighted by Gasteiger charge is -2.13. The second kappa shape index (κ2) is 9.61. The molecule has 0 unspecified atom stereocenters. The lowest BCUT2D eigenvalue weighted by molar-refractivity contribution is 0.105. The van der Waals surface area contributed by atoms with Crippen molar-refractivity contribution in [3.05, 3.63) is 84.4 Å². The monoisotopic (exact) mass is 496 g/mol. The second-order valence-corrected chi connectivity index (χ2v) is 8.38. The molecule has 1 aromatic heterocycles. The summed E-state index contributed by atoms with van der Waals surface area (Å²) in [6, 6.07) is 12.6. The van der Waals surface area contributed by atoms with E-state index in [1.807, 2.05) is 23.6 Å². The number of methoxy groups -OCH3 is 1. The van der Waals surface area contributed by atoms with Crippen molar-refractivity contribution in [2.45, 2.75) is 6.61 Å². The van der Waals surface area contributed by atoms with Crippen LogP contribution in [0.3, 0.4) is 0 Å². The molecule has 0 aliphatic carbocycles. The Morgan fingerprint density at radius 2 is 1.93 bits per heavy atom. The highest BCUT2D eigenvalue weighted by Gasteiger charge is 2.10. The minimum absolute atomic E-state index is 0.0489. The maximum atomic E-state index is 12.2. The van der Waals surface area contributed by atoms with Crippen LogP contribution in [0, 0.1) is 0 Å². The summed E-state index contributed by atoms with van der Waals surface area (Å²) in [6.07, 6.45) is 3.32. The van der Waals surface area contributed by atoms with Gasteiger partial charge in [0, 0.05) is 15.4 Å². The van der Waals surface area contributed by atoms with Gasteiger partial charge < -0.3 is 9.47 Å². The number of hydrogen-bond acceptors (Lipinski definition) is 4. The molecule has 0 saturated carbocycles. The lowest BCUT2D eigenvalue weighted by Crippen LogP contribution is -2.00. The van der Waals surface area contributed by atoms with Gasteiger partial charge in [0.2, 0.25) is 0 Å². The van der Waals surface area contributed by atoms with E-state index in [4.69, 9.17) is 32.7 Å². The summed E-state index contributed by atoms with van der Waals surface area (Å²) in [6.45, 7) is 0.222. The molecule has 0 aliphatic heterocycles. The molecule has 144 valence electrons. The van der Waals surface area contributed by atoms with E-state index in [1.165, 1.54) is 11.3 Å². The van der Waals surface area contributed by atoms with Crippen molar-refractivity contribution in [1.82, 2.24) is 0 Å². The Kier molecular flexibility index (Phi) is 7.18. The molecule has 0 N–H and O–H groups in total. The molecule has 0 amide bonds. The Balaban J connectivity index is 1.78. The molecule has 0 saturated heterocycles. The lowest BCUT2D eigenvalue weighted by atomic mass is 10.1. The minimum atomic E-state index is -0.0489. The Hall–Kier alpha value is -1.79. The number of carbonyl (C=O) groups excluding carboxylic acids is 1. The van der Waals surface area contributed by atoms with Crippen LogP contribution in [0.4, 0.5) is 0 Å². The molecule has 2 aromatic carbocycles. The van der Waals surface area contributed by atoms with Crippen LogP contribution < -0.4 is 9.47 Å². The number of thiophene rings is 1. The summed E-state index contributed by atoms with van der Waals surface area (Å²) in [4.78, 5) is 12.9. The maximum Gasteiger partial charge on any atom is 0.195 e. The molecule has 3 nitrogen and oxygen atoms in total. The first-order valence-corrected chi connectivity index (χ1v) is 10.6. The van der Waals surface area contributed by atoms with Crippen molar-refractivity contribution in [3.63, 3.8) is 0 Å². The number of para-hydroxylation sites is 1. The van der Waals surface area contributed by atoms with Crippen LogP contribution in [-0.4, -0.2) is 12.9 Å². The fourth-order valence-corrected chi connectivity index (χ4v) is 4.34. The van der Waals surface area contributed by atoms with Crippen LogP contribution in [0.2, 0.25) is 10.0 Å². The van der Waals surface area contributed by atoms with Gasteiger partial charge >= 0.3 is 0 Å². The number of hydrogen-bond donors (Lipinski definition) is 0. The number of benzene rings is 2. The molecule has 0 radical (unpaired) electrons. The molecule has 3 rings (SSSR count). The van der Waals surface area contributed by atoms with Gasteiger partial charge in [-0.05, 0) is 57.9 Å². The highest BCUT2D eigenvalue weighted by Crippen LogP contribution is 2.34. The van der Waals surface area contributed by atoms with Gasteiger partial charge in [0.25, 0.3) is 0 Å². The smallest absolute Gasteiger partial charge is 0.195 e. The SMILES string of the molecule is COc1ccc(/C=C/C(=O)c2cc(Br)cs2)cc1COc1c(Cl)cccc1Cl. The highest BCUT2D eigenvalue weighted by atomic mass is 79.9. The number of allylic oxidation sites excluding steroid dienone is 1. The first-order chi connectivity index (χ1) is 13.5. The van der Waals surface area contributed by atoms with E-state index in [1.54, 1.807) is 43.5 Å². The van der Waals surface area contributed by atoms with Gasteiger partial charge in [-0.2, -0.15) is 0 Å². The predicted octanol–water partition coefficient (Wildman–Crippen LogP) is 7.30. The zero-order valence-electron chi connectivity index (χ0n) is 14.7. The molecule has 0 aliphatic rings. The Labute approximate surface area is 185 Å².